The summed E-state index contributed by atoms with van der Waals surface area (Å²) in [6.45, 7) is 0.821. The van der Waals surface area contributed by atoms with Crippen LogP contribution in [0, 0.1) is 0 Å². The van der Waals surface area contributed by atoms with Crippen molar-refractivity contribution < 1.29 is 23.7 Å². The van der Waals surface area contributed by atoms with E-state index in [1.54, 1.807) is 31.6 Å². The highest BCUT2D eigenvalue weighted by atomic mass is 16.5. The van der Waals surface area contributed by atoms with E-state index in [2.05, 4.69) is 4.98 Å². The third-order valence-corrected chi connectivity index (χ3v) is 5.83. The number of hydrogen-bond donors (Lipinski definition) is 0. The van der Waals surface area contributed by atoms with E-state index >= 15 is 0 Å². The van der Waals surface area contributed by atoms with Gasteiger partial charge in [0.1, 0.15) is 35.7 Å². The summed E-state index contributed by atoms with van der Waals surface area (Å²) >= 11 is 0. The number of ketones is 1. The van der Waals surface area contributed by atoms with Crippen LogP contribution in [0.3, 0.4) is 0 Å². The minimum absolute atomic E-state index is 0.0881. The van der Waals surface area contributed by atoms with Gasteiger partial charge >= 0.3 is 0 Å². The van der Waals surface area contributed by atoms with Crippen molar-refractivity contribution in [3.05, 3.63) is 114 Å². The predicted molar refractivity (Wildman–Crippen MR) is 131 cm³/mol. The summed E-state index contributed by atoms with van der Waals surface area (Å²) in [5.41, 5.74) is 3.51. The van der Waals surface area contributed by atoms with Gasteiger partial charge in [0.05, 0.1) is 19.3 Å². The van der Waals surface area contributed by atoms with E-state index in [1.165, 1.54) is 0 Å². The van der Waals surface area contributed by atoms with Gasteiger partial charge in [-0.05, 0) is 59.7 Å². The average molecular weight is 468 g/mol. The number of benzene rings is 3. The van der Waals surface area contributed by atoms with Crippen LogP contribution in [0.4, 0.5) is 0 Å². The summed E-state index contributed by atoms with van der Waals surface area (Å²) < 4.78 is 23.4. The quantitative estimate of drug-likeness (QED) is 0.326. The predicted octanol–water partition coefficient (Wildman–Crippen LogP) is 5.80. The number of methoxy groups -OCH3 is 1. The fourth-order valence-electron chi connectivity index (χ4n) is 3.97. The lowest BCUT2D eigenvalue weighted by Crippen LogP contribution is -2.15. The SMILES string of the molecule is COc1ccc(COc2cccc(C(Oc3ccc4c(c3)OCCC4=O)c3ccncc3)c2)cc1. The molecule has 176 valence electrons. The molecule has 1 aromatic heterocycles. The van der Waals surface area contributed by atoms with E-state index in [0.29, 0.717) is 36.7 Å². The number of pyridine rings is 1. The first kappa shape index (κ1) is 22.5. The number of aromatic nitrogens is 1. The molecule has 6 nitrogen and oxygen atoms in total. The Kier molecular flexibility index (Phi) is 6.61. The molecule has 1 atom stereocenters. The van der Waals surface area contributed by atoms with Crippen LogP contribution < -0.4 is 18.9 Å². The number of nitrogens with zero attached hydrogens (tertiary/aromatic N) is 1. The third-order valence-electron chi connectivity index (χ3n) is 5.83. The Balaban J connectivity index is 1.39. The van der Waals surface area contributed by atoms with Crippen molar-refractivity contribution in [3.63, 3.8) is 0 Å². The molecule has 0 fully saturated rings. The Hall–Kier alpha value is -4.32. The van der Waals surface area contributed by atoms with E-state index in [9.17, 15) is 4.79 Å². The minimum Gasteiger partial charge on any atom is -0.497 e. The molecule has 0 amide bonds. The zero-order chi connectivity index (χ0) is 24.0. The molecule has 5 rings (SSSR count). The fraction of sp³-hybridized carbons (Fsp3) is 0.172. The van der Waals surface area contributed by atoms with E-state index < -0.39 is 6.10 Å². The number of hydrogen-bond acceptors (Lipinski definition) is 6. The Morgan fingerprint density at radius 3 is 2.49 bits per heavy atom. The van der Waals surface area contributed by atoms with E-state index in [0.717, 1.165) is 28.2 Å². The largest absolute Gasteiger partial charge is 0.497 e. The van der Waals surface area contributed by atoms with Crippen LogP contribution >= 0.6 is 0 Å². The zero-order valence-electron chi connectivity index (χ0n) is 19.3. The lowest BCUT2D eigenvalue weighted by Gasteiger charge is -2.22. The summed E-state index contributed by atoms with van der Waals surface area (Å²) in [6, 6.07) is 24.9. The smallest absolute Gasteiger partial charge is 0.169 e. The maximum absolute atomic E-state index is 12.1. The third kappa shape index (κ3) is 5.27. The van der Waals surface area contributed by atoms with E-state index in [-0.39, 0.29) is 5.78 Å². The Bertz CT molecular complexity index is 1300. The molecule has 4 aromatic rings. The van der Waals surface area contributed by atoms with Crippen molar-refractivity contribution in [1.82, 2.24) is 4.98 Å². The Morgan fingerprint density at radius 1 is 0.886 bits per heavy atom. The molecule has 1 unspecified atom stereocenters. The second-order valence-electron chi connectivity index (χ2n) is 8.17. The number of carbonyl (C=O) groups excluding carboxylic acids is 1. The van der Waals surface area contributed by atoms with Crippen molar-refractivity contribution in [1.29, 1.82) is 0 Å². The highest BCUT2D eigenvalue weighted by Crippen LogP contribution is 2.34. The van der Waals surface area contributed by atoms with Crippen molar-refractivity contribution >= 4 is 5.78 Å². The zero-order valence-corrected chi connectivity index (χ0v) is 19.3. The molecule has 0 saturated carbocycles. The van der Waals surface area contributed by atoms with Crippen molar-refractivity contribution in [2.24, 2.45) is 0 Å². The summed E-state index contributed by atoms with van der Waals surface area (Å²) in [4.78, 5) is 16.3. The number of fused-ring (bicyclic) bond motifs is 1. The molecule has 35 heavy (non-hydrogen) atoms. The molecule has 0 aliphatic carbocycles. The Morgan fingerprint density at radius 2 is 1.69 bits per heavy atom. The van der Waals surface area contributed by atoms with Gasteiger partial charge in [0.15, 0.2) is 5.78 Å². The monoisotopic (exact) mass is 467 g/mol. The molecule has 6 heteroatoms. The first-order valence-electron chi connectivity index (χ1n) is 11.4. The highest BCUT2D eigenvalue weighted by molar-refractivity contribution is 5.99. The van der Waals surface area contributed by atoms with Gasteiger partial charge in [0.2, 0.25) is 0 Å². The second-order valence-corrected chi connectivity index (χ2v) is 8.17. The molecule has 1 aliphatic heterocycles. The van der Waals surface area contributed by atoms with Gasteiger partial charge in [-0.3, -0.25) is 9.78 Å². The number of rotatable bonds is 8. The van der Waals surface area contributed by atoms with Crippen molar-refractivity contribution in [2.75, 3.05) is 13.7 Å². The molecular weight excluding hydrogens is 442 g/mol. The van der Waals surface area contributed by atoms with Crippen LogP contribution in [0.2, 0.25) is 0 Å². The molecule has 3 aromatic carbocycles. The normalized spacial score (nSPS) is 13.3. The average Bonchev–Trinajstić information content (AvgIpc) is 2.91. The van der Waals surface area contributed by atoms with Crippen LogP contribution in [0.5, 0.6) is 23.0 Å². The van der Waals surface area contributed by atoms with Gasteiger partial charge in [0, 0.05) is 30.4 Å². The lowest BCUT2D eigenvalue weighted by molar-refractivity contribution is 0.0933. The fourth-order valence-corrected chi connectivity index (χ4v) is 3.97. The summed E-state index contributed by atoms with van der Waals surface area (Å²) in [5.74, 6) is 2.81. The van der Waals surface area contributed by atoms with Gasteiger partial charge in [-0.2, -0.15) is 0 Å². The van der Waals surface area contributed by atoms with Gasteiger partial charge in [-0.15, -0.1) is 0 Å². The van der Waals surface area contributed by atoms with Crippen molar-refractivity contribution in [3.8, 4) is 23.0 Å². The molecule has 0 radical (unpaired) electrons. The summed E-state index contributed by atoms with van der Waals surface area (Å²) in [5, 5.41) is 0. The minimum atomic E-state index is -0.403. The lowest BCUT2D eigenvalue weighted by atomic mass is 10.0. The molecule has 0 saturated heterocycles. The summed E-state index contributed by atoms with van der Waals surface area (Å²) in [7, 11) is 1.65. The first-order chi connectivity index (χ1) is 17.2. The van der Waals surface area contributed by atoms with E-state index in [4.69, 9.17) is 18.9 Å². The van der Waals surface area contributed by atoms with Crippen LogP contribution in [0.25, 0.3) is 0 Å². The molecule has 1 aliphatic rings. The number of ether oxygens (including phenoxy) is 4. The van der Waals surface area contributed by atoms with Crippen LogP contribution in [0.1, 0.15) is 39.6 Å². The topological polar surface area (TPSA) is 66.9 Å². The van der Waals surface area contributed by atoms with Gasteiger partial charge in [0.25, 0.3) is 0 Å². The maximum Gasteiger partial charge on any atom is 0.169 e. The van der Waals surface area contributed by atoms with Gasteiger partial charge in [-0.1, -0.05) is 24.3 Å². The van der Waals surface area contributed by atoms with Crippen LogP contribution in [0.15, 0.2) is 91.3 Å². The van der Waals surface area contributed by atoms with Gasteiger partial charge in [-0.25, -0.2) is 0 Å². The van der Waals surface area contributed by atoms with Crippen LogP contribution in [-0.2, 0) is 6.61 Å². The maximum atomic E-state index is 12.1. The number of carbonyl (C=O) groups is 1. The van der Waals surface area contributed by atoms with Crippen LogP contribution in [-0.4, -0.2) is 24.5 Å². The molecule has 0 spiro atoms. The molecule has 0 N–H and O–H groups in total. The summed E-state index contributed by atoms with van der Waals surface area (Å²) in [6.07, 6.45) is 3.48. The molecule has 2 heterocycles. The van der Waals surface area contributed by atoms with Gasteiger partial charge < -0.3 is 18.9 Å². The standard InChI is InChI=1S/C29H25NO5/c1-32-23-7-5-20(6-8-23)19-34-24-4-2-3-22(17-24)29(21-11-14-30-15-12-21)35-25-9-10-26-27(31)13-16-33-28(26)18-25/h2-12,14-15,17-18,29H,13,16,19H2,1H3. The first-order valence-corrected chi connectivity index (χ1v) is 11.4. The number of Topliss-reactive ketones (excluding diaryl/α,β-unsaturated/α-hetero) is 1. The Labute approximate surface area is 204 Å². The highest BCUT2D eigenvalue weighted by Gasteiger charge is 2.21. The molecule has 0 bridgehead atoms. The molecular formula is C29H25NO5. The van der Waals surface area contributed by atoms with E-state index in [1.807, 2.05) is 66.7 Å². The van der Waals surface area contributed by atoms with Crippen molar-refractivity contribution in [2.45, 2.75) is 19.1 Å². The second kappa shape index (κ2) is 10.3.